The summed E-state index contributed by atoms with van der Waals surface area (Å²) in [5.74, 6) is -0.152. The minimum atomic E-state index is -0.152. The minimum absolute atomic E-state index is 0.0183. The fourth-order valence-electron chi connectivity index (χ4n) is 1.13. The lowest BCUT2D eigenvalue weighted by atomic mass is 10.0. The average molecular weight is 170 g/mol. The number of allylic oxidation sites excluding steroid dienone is 6. The molecule has 1 rings (SSSR count). The van der Waals surface area contributed by atoms with Crippen LogP contribution >= 0.6 is 0 Å². The van der Waals surface area contributed by atoms with E-state index in [-0.39, 0.29) is 11.4 Å². The van der Waals surface area contributed by atoms with Gasteiger partial charge in [-0.2, -0.15) is 10.5 Å². The zero-order chi connectivity index (χ0) is 9.84. The third-order valence-electron chi connectivity index (χ3n) is 1.74. The van der Waals surface area contributed by atoms with Crippen LogP contribution in [-0.4, -0.2) is 5.78 Å². The Balaban J connectivity index is 3.34. The van der Waals surface area contributed by atoms with Gasteiger partial charge in [-0.25, -0.2) is 0 Å². The van der Waals surface area contributed by atoms with Gasteiger partial charge in [0.15, 0.2) is 5.78 Å². The second-order valence-corrected chi connectivity index (χ2v) is 2.41. The molecule has 0 saturated heterocycles. The van der Waals surface area contributed by atoms with Crippen LogP contribution < -0.4 is 0 Å². The molecular weight excluding hydrogens is 164 g/mol. The minimum Gasteiger partial charge on any atom is -0.289 e. The van der Waals surface area contributed by atoms with Gasteiger partial charge in [-0.05, 0) is 19.1 Å². The van der Waals surface area contributed by atoms with Gasteiger partial charge in [0.25, 0.3) is 0 Å². The maximum atomic E-state index is 11.1. The molecule has 0 unspecified atom stereocenters. The molecule has 0 bridgehead atoms. The number of hydrogen-bond donors (Lipinski definition) is 0. The molecule has 13 heavy (non-hydrogen) atoms. The van der Waals surface area contributed by atoms with Crippen molar-refractivity contribution >= 4 is 5.78 Å². The fraction of sp³-hybridized carbons (Fsp3) is 0.100. The topological polar surface area (TPSA) is 64.7 Å². The van der Waals surface area contributed by atoms with Crippen molar-refractivity contribution < 1.29 is 4.79 Å². The van der Waals surface area contributed by atoms with Crippen LogP contribution in [0.4, 0.5) is 0 Å². The molecular formula is C10H6N2O. The highest BCUT2D eigenvalue weighted by Crippen LogP contribution is 2.23. The quantitative estimate of drug-likeness (QED) is 0.408. The van der Waals surface area contributed by atoms with Crippen LogP contribution in [0.25, 0.3) is 0 Å². The molecule has 0 aromatic carbocycles. The van der Waals surface area contributed by atoms with Gasteiger partial charge in [0.2, 0.25) is 0 Å². The molecule has 3 heteroatoms. The Morgan fingerprint density at radius 1 is 1.38 bits per heavy atom. The Kier molecular flexibility index (Phi) is 2.42. The van der Waals surface area contributed by atoms with Gasteiger partial charge in [-0.15, -0.1) is 0 Å². The maximum absolute atomic E-state index is 11.1. The molecule has 0 spiro atoms. The monoisotopic (exact) mass is 170 g/mol. The summed E-state index contributed by atoms with van der Waals surface area (Å²) in [5.41, 5.74) is 0.839. The molecule has 1 aliphatic carbocycles. The lowest BCUT2D eigenvalue weighted by molar-refractivity contribution is -0.110. The van der Waals surface area contributed by atoms with Crippen molar-refractivity contribution in [3.8, 4) is 12.1 Å². The number of nitrogens with zero attached hydrogens (tertiary/aromatic N) is 2. The van der Waals surface area contributed by atoms with E-state index in [1.54, 1.807) is 25.1 Å². The van der Waals surface area contributed by atoms with Crippen LogP contribution in [0.5, 0.6) is 0 Å². The van der Waals surface area contributed by atoms with E-state index in [4.69, 9.17) is 10.5 Å². The Hall–Kier alpha value is -2.13. The Labute approximate surface area is 75.9 Å². The highest BCUT2D eigenvalue weighted by Gasteiger charge is 2.19. The number of carbonyl (C=O) groups is 1. The molecule has 62 valence electrons. The predicted octanol–water partition coefficient (Wildman–Crippen LogP) is 1.42. The first kappa shape index (κ1) is 8.96. The molecule has 0 saturated carbocycles. The first-order valence-electron chi connectivity index (χ1n) is 3.68. The molecule has 0 N–H and O–H groups in total. The van der Waals surface area contributed by atoms with E-state index in [1.807, 2.05) is 0 Å². The zero-order valence-electron chi connectivity index (χ0n) is 7.03. The molecule has 3 nitrogen and oxygen atoms in total. The zero-order valence-corrected chi connectivity index (χ0v) is 7.03. The van der Waals surface area contributed by atoms with E-state index in [0.29, 0.717) is 11.1 Å². The van der Waals surface area contributed by atoms with Crippen LogP contribution in [0.1, 0.15) is 6.92 Å². The van der Waals surface area contributed by atoms with Gasteiger partial charge in [-0.3, -0.25) is 4.79 Å². The largest absolute Gasteiger partial charge is 0.289 e. The van der Waals surface area contributed by atoms with Gasteiger partial charge >= 0.3 is 0 Å². The molecule has 0 heterocycles. The van der Waals surface area contributed by atoms with Crippen LogP contribution in [0.15, 0.2) is 34.9 Å². The van der Waals surface area contributed by atoms with Crippen LogP contribution in [0.3, 0.4) is 0 Å². The normalized spacial score (nSPS) is 17.3. The fourth-order valence-corrected chi connectivity index (χ4v) is 1.13. The second kappa shape index (κ2) is 3.51. The number of nitriles is 2. The average Bonchev–Trinajstić information content (AvgIpc) is 2.50. The molecule has 0 fully saturated rings. The van der Waals surface area contributed by atoms with Crippen molar-refractivity contribution in [1.82, 2.24) is 0 Å². The number of ketones is 1. The van der Waals surface area contributed by atoms with Crippen molar-refractivity contribution in [2.24, 2.45) is 0 Å². The summed E-state index contributed by atoms with van der Waals surface area (Å²) >= 11 is 0. The number of rotatable bonds is 0. The molecule has 1 aliphatic rings. The summed E-state index contributed by atoms with van der Waals surface area (Å²) in [6.45, 7) is 1.70. The number of carbonyl (C=O) groups excluding carboxylic acids is 1. The van der Waals surface area contributed by atoms with Crippen LogP contribution in [0, 0.1) is 22.7 Å². The lowest BCUT2D eigenvalue weighted by Crippen LogP contribution is -1.94. The summed E-state index contributed by atoms with van der Waals surface area (Å²) in [7, 11) is 0. The van der Waals surface area contributed by atoms with Crippen molar-refractivity contribution in [2.75, 3.05) is 0 Å². The smallest absolute Gasteiger partial charge is 0.186 e. The standard InChI is InChI=1S/C10H6N2O/c1-2-8-9(3-4-10(8)13)7(5-11)6-12/h2-4H,1H3/b8-2-. The SMILES string of the molecule is C/C=C1\C(=O)C=CC1=C(C#N)C#N. The summed E-state index contributed by atoms with van der Waals surface area (Å²) in [4.78, 5) is 11.1. The Bertz CT molecular complexity index is 409. The van der Waals surface area contributed by atoms with Gasteiger partial charge in [0, 0.05) is 11.1 Å². The first-order valence-corrected chi connectivity index (χ1v) is 3.68. The highest BCUT2D eigenvalue weighted by atomic mass is 16.1. The second-order valence-electron chi connectivity index (χ2n) is 2.41. The molecule has 0 radical (unpaired) electrons. The molecule has 0 aromatic rings. The van der Waals surface area contributed by atoms with Gasteiger partial charge in [-0.1, -0.05) is 6.08 Å². The van der Waals surface area contributed by atoms with Crippen LogP contribution in [-0.2, 0) is 4.79 Å². The summed E-state index contributed by atoms with van der Waals surface area (Å²) in [5, 5.41) is 17.2. The number of hydrogen-bond acceptors (Lipinski definition) is 3. The predicted molar refractivity (Wildman–Crippen MR) is 46.2 cm³/mol. The third-order valence-corrected chi connectivity index (χ3v) is 1.74. The van der Waals surface area contributed by atoms with Gasteiger partial charge < -0.3 is 0 Å². The van der Waals surface area contributed by atoms with E-state index in [9.17, 15) is 4.79 Å². The molecule has 0 atom stereocenters. The highest BCUT2D eigenvalue weighted by molar-refractivity contribution is 6.12. The molecule has 0 amide bonds. The van der Waals surface area contributed by atoms with E-state index < -0.39 is 0 Å². The first-order chi connectivity index (χ1) is 6.24. The van der Waals surface area contributed by atoms with E-state index in [1.165, 1.54) is 12.2 Å². The lowest BCUT2D eigenvalue weighted by Gasteiger charge is -1.95. The van der Waals surface area contributed by atoms with E-state index in [2.05, 4.69) is 0 Å². The van der Waals surface area contributed by atoms with Crippen LogP contribution in [0.2, 0.25) is 0 Å². The molecule has 0 aromatic heterocycles. The van der Waals surface area contributed by atoms with Crippen molar-refractivity contribution in [1.29, 1.82) is 10.5 Å². The maximum Gasteiger partial charge on any atom is 0.186 e. The third kappa shape index (κ3) is 1.40. The van der Waals surface area contributed by atoms with Gasteiger partial charge in [0.1, 0.15) is 17.7 Å². The Morgan fingerprint density at radius 2 is 2.00 bits per heavy atom. The van der Waals surface area contributed by atoms with Gasteiger partial charge in [0.05, 0.1) is 0 Å². The van der Waals surface area contributed by atoms with Crippen molar-refractivity contribution in [3.63, 3.8) is 0 Å². The summed E-state index contributed by atoms with van der Waals surface area (Å²) in [6, 6.07) is 3.51. The Morgan fingerprint density at radius 3 is 2.46 bits per heavy atom. The molecule has 0 aliphatic heterocycles. The van der Waals surface area contributed by atoms with Crippen molar-refractivity contribution in [2.45, 2.75) is 6.92 Å². The van der Waals surface area contributed by atoms with E-state index >= 15 is 0 Å². The summed E-state index contributed by atoms with van der Waals surface area (Å²) < 4.78 is 0. The van der Waals surface area contributed by atoms with Crippen molar-refractivity contribution in [3.05, 3.63) is 34.9 Å². The summed E-state index contributed by atoms with van der Waals surface area (Å²) in [6.07, 6.45) is 4.46. The van der Waals surface area contributed by atoms with E-state index in [0.717, 1.165) is 0 Å².